The zero-order valence-electron chi connectivity index (χ0n) is 5.64. The van der Waals surface area contributed by atoms with Gasteiger partial charge in [-0.05, 0) is 6.07 Å². The highest BCUT2D eigenvalue weighted by molar-refractivity contribution is 5.85. The van der Waals surface area contributed by atoms with Crippen molar-refractivity contribution in [1.29, 1.82) is 0 Å². The van der Waals surface area contributed by atoms with Crippen molar-refractivity contribution in [1.82, 2.24) is 14.6 Å². The quantitative estimate of drug-likeness (QED) is 0.634. The number of rotatable bonds is 0. The van der Waals surface area contributed by atoms with E-state index in [1.807, 2.05) is 0 Å². The number of anilines is 1. The summed E-state index contributed by atoms with van der Waals surface area (Å²) in [6.45, 7) is 0. The summed E-state index contributed by atoms with van der Waals surface area (Å²) in [4.78, 5) is 3.99. The summed E-state index contributed by atoms with van der Waals surface area (Å²) in [7, 11) is 0. The van der Waals surface area contributed by atoms with Gasteiger partial charge in [0.2, 0.25) is 0 Å². The molecule has 4 nitrogen and oxygen atoms in total. The predicted octanol–water partition coefficient (Wildman–Crippen LogP) is 0.733. The van der Waals surface area contributed by atoms with Gasteiger partial charge in [-0.3, -0.25) is 0 Å². The van der Waals surface area contributed by atoms with Gasteiger partial charge in [0.15, 0.2) is 5.65 Å². The van der Waals surface area contributed by atoms with Crippen molar-refractivity contribution < 1.29 is 0 Å². The van der Waals surface area contributed by atoms with E-state index in [4.69, 9.17) is 5.73 Å². The molecule has 0 aromatic carbocycles. The van der Waals surface area contributed by atoms with Crippen LogP contribution < -0.4 is 5.73 Å². The fourth-order valence-electron chi connectivity index (χ4n) is 0.857. The van der Waals surface area contributed by atoms with Crippen molar-refractivity contribution in [2.75, 3.05) is 5.73 Å². The van der Waals surface area contributed by atoms with Crippen LogP contribution in [-0.4, -0.2) is 14.6 Å². The number of nitrogens with zero attached hydrogens (tertiary/aromatic N) is 3. The van der Waals surface area contributed by atoms with Crippen molar-refractivity contribution in [2.24, 2.45) is 0 Å². The average molecular weight is 171 g/mol. The maximum Gasteiger partial charge on any atom is 0.176 e. The summed E-state index contributed by atoms with van der Waals surface area (Å²) in [6.07, 6.45) is 5.06. The van der Waals surface area contributed by atoms with Crippen LogP contribution in [0.5, 0.6) is 0 Å². The molecule has 2 aromatic rings. The lowest BCUT2D eigenvalue weighted by molar-refractivity contribution is 0.938. The highest BCUT2D eigenvalue weighted by atomic mass is 35.5. The Labute approximate surface area is 69.5 Å². The van der Waals surface area contributed by atoms with Crippen LogP contribution in [0.1, 0.15) is 0 Å². The zero-order chi connectivity index (χ0) is 6.97. The third-order valence-corrected chi connectivity index (χ3v) is 1.33. The number of aromatic nitrogens is 3. The third kappa shape index (κ3) is 1.12. The van der Waals surface area contributed by atoms with E-state index in [1.165, 1.54) is 0 Å². The second-order valence-electron chi connectivity index (χ2n) is 1.98. The number of fused-ring (bicyclic) bond motifs is 1. The number of hydrogen-bond donors (Lipinski definition) is 1. The first-order chi connectivity index (χ1) is 4.88. The first kappa shape index (κ1) is 7.81. The molecule has 0 aliphatic rings. The molecule has 0 amide bonds. The van der Waals surface area contributed by atoms with E-state index in [1.54, 1.807) is 29.2 Å². The standard InChI is InChI=1S/C6H6N4.ClH/c7-5-1-2-9-10-4-3-8-6(5)10;/h1-4H,7H2;1H. The van der Waals surface area contributed by atoms with E-state index >= 15 is 0 Å². The number of halogens is 1. The van der Waals surface area contributed by atoms with Gasteiger partial charge in [0, 0.05) is 12.4 Å². The molecule has 0 unspecified atom stereocenters. The summed E-state index contributed by atoms with van der Waals surface area (Å²) in [6, 6.07) is 1.72. The van der Waals surface area contributed by atoms with Crippen LogP contribution in [0.4, 0.5) is 5.69 Å². The van der Waals surface area contributed by atoms with Crippen LogP contribution in [0.15, 0.2) is 24.7 Å². The highest BCUT2D eigenvalue weighted by Gasteiger charge is 1.95. The molecular weight excluding hydrogens is 164 g/mol. The first-order valence-corrected chi connectivity index (χ1v) is 2.92. The minimum atomic E-state index is 0. The van der Waals surface area contributed by atoms with Crippen LogP contribution in [0.2, 0.25) is 0 Å². The smallest absolute Gasteiger partial charge is 0.176 e. The molecule has 2 rings (SSSR count). The van der Waals surface area contributed by atoms with Gasteiger partial charge in [0.25, 0.3) is 0 Å². The molecule has 0 fully saturated rings. The molecule has 5 heteroatoms. The van der Waals surface area contributed by atoms with E-state index < -0.39 is 0 Å². The molecule has 0 radical (unpaired) electrons. The minimum Gasteiger partial charge on any atom is -0.396 e. The Morgan fingerprint density at radius 3 is 2.91 bits per heavy atom. The van der Waals surface area contributed by atoms with Gasteiger partial charge in [0.05, 0.1) is 11.9 Å². The van der Waals surface area contributed by atoms with Crippen LogP contribution in [0, 0.1) is 0 Å². The maximum absolute atomic E-state index is 5.58. The Morgan fingerprint density at radius 2 is 2.18 bits per heavy atom. The van der Waals surface area contributed by atoms with Gasteiger partial charge in [0.1, 0.15) is 0 Å². The van der Waals surface area contributed by atoms with Gasteiger partial charge in [-0.2, -0.15) is 5.10 Å². The summed E-state index contributed by atoms with van der Waals surface area (Å²) in [5.41, 5.74) is 6.94. The van der Waals surface area contributed by atoms with Crippen molar-refractivity contribution in [3.05, 3.63) is 24.7 Å². The molecule has 11 heavy (non-hydrogen) atoms. The molecule has 0 aliphatic heterocycles. The Morgan fingerprint density at radius 1 is 1.36 bits per heavy atom. The van der Waals surface area contributed by atoms with E-state index in [0.29, 0.717) is 11.3 Å². The average Bonchev–Trinajstić information content (AvgIpc) is 2.36. The highest BCUT2D eigenvalue weighted by Crippen LogP contribution is 2.06. The summed E-state index contributed by atoms with van der Waals surface area (Å²) in [5.74, 6) is 0. The monoisotopic (exact) mass is 170 g/mol. The molecule has 0 spiro atoms. The second kappa shape index (κ2) is 2.75. The predicted molar refractivity (Wildman–Crippen MR) is 44.6 cm³/mol. The molecule has 2 N–H and O–H groups in total. The van der Waals surface area contributed by atoms with Gasteiger partial charge in [-0.1, -0.05) is 0 Å². The summed E-state index contributed by atoms with van der Waals surface area (Å²) < 4.78 is 1.63. The lowest BCUT2D eigenvalue weighted by atomic mass is 10.5. The number of nitrogen functional groups attached to an aromatic ring is 1. The summed E-state index contributed by atoms with van der Waals surface area (Å²) in [5, 5.41) is 3.98. The topological polar surface area (TPSA) is 56.2 Å². The third-order valence-electron chi connectivity index (χ3n) is 1.33. The van der Waals surface area contributed by atoms with Crippen LogP contribution in [0.25, 0.3) is 5.65 Å². The fourth-order valence-corrected chi connectivity index (χ4v) is 0.857. The van der Waals surface area contributed by atoms with E-state index in [0.717, 1.165) is 0 Å². The molecule has 0 saturated heterocycles. The molecule has 58 valence electrons. The molecule has 2 heterocycles. The number of imidazole rings is 1. The van der Waals surface area contributed by atoms with E-state index in [2.05, 4.69) is 10.1 Å². The molecule has 0 atom stereocenters. The largest absolute Gasteiger partial charge is 0.396 e. The second-order valence-corrected chi connectivity index (χ2v) is 1.98. The molecule has 0 aliphatic carbocycles. The van der Waals surface area contributed by atoms with Crippen molar-refractivity contribution in [2.45, 2.75) is 0 Å². The number of hydrogen-bond acceptors (Lipinski definition) is 3. The SMILES string of the molecule is Cl.Nc1ccnn2ccnc12. The summed E-state index contributed by atoms with van der Waals surface area (Å²) >= 11 is 0. The molecule has 0 bridgehead atoms. The van der Waals surface area contributed by atoms with Crippen molar-refractivity contribution >= 4 is 23.7 Å². The van der Waals surface area contributed by atoms with Crippen molar-refractivity contribution in [3.63, 3.8) is 0 Å². The van der Waals surface area contributed by atoms with Crippen LogP contribution >= 0.6 is 12.4 Å². The van der Waals surface area contributed by atoms with Crippen LogP contribution in [-0.2, 0) is 0 Å². The van der Waals surface area contributed by atoms with Gasteiger partial charge < -0.3 is 5.73 Å². The van der Waals surface area contributed by atoms with Gasteiger partial charge in [-0.25, -0.2) is 9.50 Å². The Bertz CT molecular complexity index is 356. The van der Waals surface area contributed by atoms with E-state index in [-0.39, 0.29) is 12.4 Å². The first-order valence-electron chi connectivity index (χ1n) is 2.92. The van der Waals surface area contributed by atoms with Crippen LogP contribution in [0.3, 0.4) is 0 Å². The lowest BCUT2D eigenvalue weighted by Gasteiger charge is -1.92. The van der Waals surface area contributed by atoms with Gasteiger partial charge in [-0.15, -0.1) is 12.4 Å². The normalized spacial score (nSPS) is 9.45. The molecule has 0 saturated carbocycles. The van der Waals surface area contributed by atoms with E-state index in [9.17, 15) is 0 Å². The molecule has 2 aromatic heterocycles. The number of nitrogens with two attached hydrogens (primary N) is 1. The fraction of sp³-hybridized carbons (Fsp3) is 0. The Kier molecular flexibility index (Phi) is 1.96. The Hall–Kier alpha value is -1.29. The van der Waals surface area contributed by atoms with Crippen molar-refractivity contribution in [3.8, 4) is 0 Å². The van der Waals surface area contributed by atoms with Gasteiger partial charge >= 0.3 is 0 Å². The lowest BCUT2D eigenvalue weighted by Crippen LogP contribution is -1.94. The minimum absolute atomic E-state index is 0. The zero-order valence-corrected chi connectivity index (χ0v) is 6.45. The molecular formula is C6H7ClN4. The Balaban J connectivity index is 0.000000605. The maximum atomic E-state index is 5.58.